The predicted octanol–water partition coefficient (Wildman–Crippen LogP) is 2.41. The number of nitrogen functional groups attached to an aromatic ring is 1. The van der Waals surface area contributed by atoms with Crippen molar-refractivity contribution in [3.63, 3.8) is 0 Å². The quantitative estimate of drug-likeness (QED) is 0.253. The Balaban J connectivity index is 0.000000435. The van der Waals surface area contributed by atoms with Crippen LogP contribution in [0, 0.1) is 5.82 Å². The van der Waals surface area contributed by atoms with E-state index >= 15 is 0 Å². The molecule has 5 N–H and O–H groups in total. The van der Waals surface area contributed by atoms with Crippen molar-refractivity contribution < 1.29 is 38.7 Å². The Morgan fingerprint density at radius 2 is 1.42 bits per heavy atom. The highest BCUT2D eigenvalue weighted by Gasteiger charge is 2.25. The molecule has 0 saturated carbocycles. The fraction of sp³-hybridized carbons (Fsp3) is 0.238. The second-order valence-electron chi connectivity index (χ2n) is 8.13. The predicted molar refractivity (Wildman–Crippen MR) is 142 cm³/mol. The monoisotopic (exact) mass is 591 g/mol. The molecule has 208 valence electrons. The van der Waals surface area contributed by atoms with Crippen molar-refractivity contribution in [3.05, 3.63) is 54.6 Å². The van der Waals surface area contributed by atoms with Gasteiger partial charge in [0.1, 0.15) is 5.82 Å². The number of halogens is 1. The molecule has 0 radical (unpaired) electrons. The zero-order chi connectivity index (χ0) is 29.1. The van der Waals surface area contributed by atoms with Gasteiger partial charge in [0, 0.05) is 11.1 Å². The van der Waals surface area contributed by atoms with Gasteiger partial charge >= 0.3 is 0 Å². The SMILES string of the molecule is CC(C)S(=O)(=O)n1c(N)nc2ccc(-c3nc[nH]c3-c3ccc(F)cc3)cc21.CS(=O)(=O)O.CS(=O)(=O)O. The van der Waals surface area contributed by atoms with Crippen LogP contribution in [0.1, 0.15) is 13.8 Å². The van der Waals surface area contributed by atoms with E-state index < -0.39 is 35.5 Å². The smallest absolute Gasteiger partial charge is 0.261 e. The van der Waals surface area contributed by atoms with Crippen molar-refractivity contribution in [2.45, 2.75) is 19.1 Å². The molecule has 0 unspecified atom stereocenters. The van der Waals surface area contributed by atoms with Gasteiger partial charge in [-0.25, -0.2) is 26.7 Å². The number of fused-ring (bicyclic) bond motifs is 1. The van der Waals surface area contributed by atoms with Gasteiger partial charge in [-0.2, -0.15) is 16.8 Å². The second kappa shape index (κ2) is 11.6. The van der Waals surface area contributed by atoms with Crippen molar-refractivity contribution in [1.82, 2.24) is 18.9 Å². The molecular formula is C21H26FN5O8S3. The minimum Gasteiger partial charge on any atom is -0.368 e. The van der Waals surface area contributed by atoms with Crippen LogP contribution in [0.5, 0.6) is 0 Å². The number of aromatic nitrogens is 4. The standard InChI is InChI=1S/C19H18FN5O2S.2CH4O3S/c1-11(2)28(26,27)25-16-9-13(5-8-15(16)24-19(25)21)18-17(22-10-23-18)12-3-6-14(20)7-4-12;2*1-5(2,3)4/h3-11H,1-2H3,(H2,21,24)(H,22,23);2*1H3,(H,2,3,4). The molecule has 4 rings (SSSR count). The Bertz CT molecular complexity index is 1700. The van der Waals surface area contributed by atoms with E-state index in [4.69, 9.17) is 14.8 Å². The molecule has 2 aromatic carbocycles. The largest absolute Gasteiger partial charge is 0.368 e. The van der Waals surface area contributed by atoms with Crippen molar-refractivity contribution in [2.24, 2.45) is 0 Å². The average Bonchev–Trinajstić information content (AvgIpc) is 3.35. The Kier molecular flexibility index (Phi) is 9.39. The van der Waals surface area contributed by atoms with Gasteiger partial charge in [-0.1, -0.05) is 6.07 Å². The number of nitrogens with two attached hydrogens (primary N) is 1. The van der Waals surface area contributed by atoms with Crippen molar-refractivity contribution in [2.75, 3.05) is 18.2 Å². The summed E-state index contributed by atoms with van der Waals surface area (Å²) >= 11 is 0. The molecule has 0 bridgehead atoms. The van der Waals surface area contributed by atoms with Crippen LogP contribution >= 0.6 is 0 Å². The van der Waals surface area contributed by atoms with E-state index in [2.05, 4.69) is 15.0 Å². The first-order valence-electron chi connectivity index (χ1n) is 10.5. The first-order chi connectivity index (χ1) is 17.3. The highest BCUT2D eigenvalue weighted by Crippen LogP contribution is 2.32. The summed E-state index contributed by atoms with van der Waals surface area (Å²) in [6, 6.07) is 11.2. The molecule has 38 heavy (non-hydrogen) atoms. The fourth-order valence-electron chi connectivity index (χ4n) is 3.05. The summed E-state index contributed by atoms with van der Waals surface area (Å²) in [7, 11) is -11.0. The van der Waals surface area contributed by atoms with Gasteiger partial charge in [-0.3, -0.25) is 9.11 Å². The lowest BCUT2D eigenvalue weighted by atomic mass is 10.0. The highest BCUT2D eigenvalue weighted by atomic mass is 32.2. The molecule has 0 amide bonds. The molecular weight excluding hydrogens is 565 g/mol. The zero-order valence-corrected chi connectivity index (χ0v) is 23.0. The average molecular weight is 592 g/mol. The van der Waals surface area contributed by atoms with E-state index in [1.54, 1.807) is 44.2 Å². The van der Waals surface area contributed by atoms with E-state index in [0.29, 0.717) is 40.5 Å². The molecule has 13 nitrogen and oxygen atoms in total. The van der Waals surface area contributed by atoms with Gasteiger partial charge in [0.15, 0.2) is 0 Å². The molecule has 0 aliphatic heterocycles. The first kappa shape index (κ1) is 30.8. The molecule has 0 atom stereocenters. The Labute approximate surface area is 219 Å². The summed E-state index contributed by atoms with van der Waals surface area (Å²) in [5.74, 6) is -0.411. The summed E-state index contributed by atoms with van der Waals surface area (Å²) in [5, 5.41) is -0.656. The second-order valence-corrected chi connectivity index (χ2v) is 13.4. The van der Waals surface area contributed by atoms with Crippen LogP contribution in [0.25, 0.3) is 33.5 Å². The van der Waals surface area contributed by atoms with Crippen LogP contribution in [-0.2, 0) is 30.3 Å². The van der Waals surface area contributed by atoms with Gasteiger partial charge in [-0.05, 0) is 50.2 Å². The van der Waals surface area contributed by atoms with Gasteiger partial charge < -0.3 is 10.7 Å². The molecule has 0 saturated heterocycles. The van der Waals surface area contributed by atoms with E-state index in [0.717, 1.165) is 9.54 Å². The minimum absolute atomic E-state index is 0.0818. The van der Waals surface area contributed by atoms with Crippen LogP contribution in [0.3, 0.4) is 0 Å². The molecule has 2 heterocycles. The van der Waals surface area contributed by atoms with Crippen molar-refractivity contribution in [3.8, 4) is 22.5 Å². The molecule has 0 aliphatic rings. The summed E-state index contributed by atoms with van der Waals surface area (Å²) in [6.07, 6.45) is 2.97. The normalized spacial score (nSPS) is 12.0. The Morgan fingerprint density at radius 3 is 1.92 bits per heavy atom. The third-order valence-electron chi connectivity index (χ3n) is 4.53. The topological polar surface area (TPSA) is 215 Å². The van der Waals surface area contributed by atoms with Gasteiger partial charge in [-0.15, -0.1) is 0 Å². The lowest BCUT2D eigenvalue weighted by molar-refractivity contribution is 0.488. The van der Waals surface area contributed by atoms with Crippen molar-refractivity contribution in [1.29, 1.82) is 0 Å². The maximum absolute atomic E-state index is 13.2. The maximum Gasteiger partial charge on any atom is 0.261 e. The Hall–Kier alpha value is -3.38. The molecule has 0 aliphatic carbocycles. The van der Waals surface area contributed by atoms with Crippen LogP contribution in [0.2, 0.25) is 0 Å². The minimum atomic E-state index is -3.68. The van der Waals surface area contributed by atoms with Crippen LogP contribution in [0.15, 0.2) is 48.8 Å². The zero-order valence-electron chi connectivity index (χ0n) is 20.6. The van der Waals surface area contributed by atoms with E-state index in [-0.39, 0.29) is 11.8 Å². The number of rotatable bonds is 4. The van der Waals surface area contributed by atoms with E-state index in [9.17, 15) is 29.6 Å². The number of hydrogen-bond donors (Lipinski definition) is 4. The van der Waals surface area contributed by atoms with Gasteiger partial charge in [0.25, 0.3) is 20.2 Å². The first-order valence-corrected chi connectivity index (χ1v) is 15.7. The lowest BCUT2D eigenvalue weighted by Crippen LogP contribution is -2.23. The summed E-state index contributed by atoms with van der Waals surface area (Å²) in [4.78, 5) is 11.6. The van der Waals surface area contributed by atoms with Crippen molar-refractivity contribution >= 4 is 47.2 Å². The third kappa shape index (κ3) is 8.59. The number of benzene rings is 2. The number of imidazole rings is 2. The molecule has 0 spiro atoms. The molecule has 4 aromatic rings. The van der Waals surface area contributed by atoms with Gasteiger partial charge in [0.2, 0.25) is 16.0 Å². The van der Waals surface area contributed by atoms with E-state index in [1.807, 2.05) is 0 Å². The van der Waals surface area contributed by atoms with Gasteiger partial charge in [0.05, 0.1) is 46.5 Å². The number of H-pyrrole nitrogens is 1. The summed E-state index contributed by atoms with van der Waals surface area (Å²) < 4.78 is 91.5. The van der Waals surface area contributed by atoms with E-state index in [1.165, 1.54) is 18.5 Å². The van der Waals surface area contributed by atoms with Crippen LogP contribution < -0.4 is 5.73 Å². The number of aromatic amines is 1. The number of hydrogen-bond acceptors (Lipinski definition) is 9. The van der Waals surface area contributed by atoms with Crippen LogP contribution in [-0.4, -0.2) is 71.0 Å². The maximum atomic E-state index is 13.2. The molecule has 0 fully saturated rings. The number of anilines is 1. The highest BCUT2D eigenvalue weighted by molar-refractivity contribution is 7.90. The fourth-order valence-corrected chi connectivity index (χ4v) is 4.19. The Morgan fingerprint density at radius 1 is 0.921 bits per heavy atom. The van der Waals surface area contributed by atoms with Crippen LogP contribution in [0.4, 0.5) is 10.3 Å². The number of nitrogens with zero attached hydrogens (tertiary/aromatic N) is 3. The molecule has 2 aromatic heterocycles. The number of nitrogens with one attached hydrogen (secondary N) is 1. The third-order valence-corrected chi connectivity index (χ3v) is 6.62. The molecule has 17 heteroatoms. The summed E-state index contributed by atoms with van der Waals surface area (Å²) in [6.45, 7) is 3.18. The summed E-state index contributed by atoms with van der Waals surface area (Å²) in [5.41, 5.74) is 9.52. The lowest BCUT2D eigenvalue weighted by Gasteiger charge is -2.11.